The zero-order valence-electron chi connectivity index (χ0n) is 18.7. The summed E-state index contributed by atoms with van der Waals surface area (Å²) in [6.07, 6.45) is 5.18. The third-order valence-corrected chi connectivity index (χ3v) is 5.04. The predicted octanol–water partition coefficient (Wildman–Crippen LogP) is 1.58. The molecule has 3 rings (SSSR count). The second-order valence-electron chi connectivity index (χ2n) is 7.44. The Hall–Kier alpha value is -3.73. The third kappa shape index (κ3) is 6.88. The van der Waals surface area contributed by atoms with Crippen LogP contribution in [0.4, 0.5) is 23.1 Å². The van der Waals surface area contributed by atoms with E-state index in [2.05, 4.69) is 42.8 Å². The van der Waals surface area contributed by atoms with Crippen molar-refractivity contribution in [3.63, 3.8) is 0 Å². The monoisotopic (exact) mass is 454 g/mol. The lowest BCUT2D eigenvalue weighted by atomic mass is 10.1. The van der Waals surface area contributed by atoms with Crippen molar-refractivity contribution in [2.75, 3.05) is 42.3 Å². The minimum atomic E-state index is -0.664. The van der Waals surface area contributed by atoms with Crippen molar-refractivity contribution in [3.8, 4) is 0 Å². The highest BCUT2D eigenvalue weighted by Gasteiger charge is 2.20. The summed E-state index contributed by atoms with van der Waals surface area (Å²) in [4.78, 5) is 36.7. The van der Waals surface area contributed by atoms with E-state index in [-0.39, 0.29) is 23.5 Å². The number of carbonyl (C=O) groups excluding carboxylic acids is 2. The van der Waals surface area contributed by atoms with Crippen LogP contribution in [0.15, 0.2) is 31.0 Å². The number of primary amides is 1. The number of aromatic nitrogens is 3. The van der Waals surface area contributed by atoms with Gasteiger partial charge in [0.05, 0.1) is 5.69 Å². The normalized spacial score (nSPS) is 13.7. The molecule has 11 heteroatoms. The maximum atomic E-state index is 12.1. The Bertz CT molecular complexity index is 992. The number of pyridine rings is 1. The van der Waals surface area contributed by atoms with E-state index in [9.17, 15) is 9.59 Å². The smallest absolute Gasteiger partial charge is 0.271 e. The number of nitrogens with two attached hydrogens (primary N) is 1. The summed E-state index contributed by atoms with van der Waals surface area (Å²) in [6, 6.07) is 3.74. The second kappa shape index (κ2) is 11.8. The maximum Gasteiger partial charge on any atom is 0.271 e. The van der Waals surface area contributed by atoms with Crippen LogP contribution >= 0.6 is 0 Å². The first-order valence-corrected chi connectivity index (χ1v) is 10.9. The lowest BCUT2D eigenvalue weighted by Gasteiger charge is -2.25. The van der Waals surface area contributed by atoms with E-state index in [0.29, 0.717) is 55.7 Å². The molecule has 6 N–H and O–H groups in total. The van der Waals surface area contributed by atoms with Crippen LogP contribution in [0.2, 0.25) is 0 Å². The van der Waals surface area contributed by atoms with E-state index in [0.717, 1.165) is 12.8 Å². The van der Waals surface area contributed by atoms with Gasteiger partial charge in [-0.25, -0.2) is 15.0 Å². The van der Waals surface area contributed by atoms with Gasteiger partial charge in [-0.3, -0.25) is 9.59 Å². The molecular weight excluding hydrogens is 424 g/mol. The fourth-order valence-corrected chi connectivity index (χ4v) is 3.32. The molecule has 0 saturated carbocycles. The molecular formula is C22H30N8O3. The number of hydrogen-bond donors (Lipinski definition) is 5. The van der Waals surface area contributed by atoms with Gasteiger partial charge < -0.3 is 31.7 Å². The molecule has 33 heavy (non-hydrogen) atoms. The Labute approximate surface area is 192 Å². The number of rotatable bonds is 11. The summed E-state index contributed by atoms with van der Waals surface area (Å²) in [6.45, 7) is 7.65. The Morgan fingerprint density at radius 3 is 2.73 bits per heavy atom. The van der Waals surface area contributed by atoms with Gasteiger partial charge in [-0.1, -0.05) is 13.5 Å². The van der Waals surface area contributed by atoms with Crippen molar-refractivity contribution in [2.24, 2.45) is 5.73 Å². The SMILES string of the molecule is C=CC(=O)NCCNc1cc(Nc2nc(NC3CCOCC3)c(CC)nc2C(N)=O)ccn1. The number of hydrogen-bond acceptors (Lipinski definition) is 9. The third-order valence-electron chi connectivity index (χ3n) is 5.04. The van der Waals surface area contributed by atoms with E-state index in [1.54, 1.807) is 18.3 Å². The molecule has 0 aliphatic carbocycles. The standard InChI is InChI=1S/C22H30N8O3/c1-3-16-21(27-14-6-11-33-12-7-14)30-22(19(29-16)20(23)32)28-15-5-8-24-17(13-15)25-9-10-26-18(31)4-2/h4-5,8,13-14H,2-3,6-7,9-12H2,1H3,(H2,23,32)(H,26,31)(H3,24,25,27,28,30). The molecule has 3 heterocycles. The molecule has 2 aromatic heterocycles. The van der Waals surface area contributed by atoms with E-state index < -0.39 is 5.91 Å². The summed E-state index contributed by atoms with van der Waals surface area (Å²) in [5.41, 5.74) is 6.99. The molecule has 0 unspecified atom stereocenters. The quantitative estimate of drug-likeness (QED) is 0.251. The first-order valence-electron chi connectivity index (χ1n) is 10.9. The van der Waals surface area contributed by atoms with Gasteiger partial charge >= 0.3 is 0 Å². The van der Waals surface area contributed by atoms with Crippen LogP contribution < -0.4 is 27.0 Å². The molecule has 11 nitrogen and oxygen atoms in total. The predicted molar refractivity (Wildman–Crippen MR) is 127 cm³/mol. The molecule has 0 spiro atoms. The summed E-state index contributed by atoms with van der Waals surface area (Å²) in [5, 5.41) is 12.4. The zero-order valence-corrected chi connectivity index (χ0v) is 18.7. The molecule has 1 fully saturated rings. The fourth-order valence-electron chi connectivity index (χ4n) is 3.32. The highest BCUT2D eigenvalue weighted by atomic mass is 16.5. The topological polar surface area (TPSA) is 156 Å². The minimum Gasteiger partial charge on any atom is -0.381 e. The van der Waals surface area contributed by atoms with E-state index in [1.165, 1.54) is 6.08 Å². The van der Waals surface area contributed by atoms with Crippen molar-refractivity contribution >= 4 is 35.0 Å². The van der Waals surface area contributed by atoms with Gasteiger partial charge in [0.15, 0.2) is 17.3 Å². The molecule has 1 aliphatic rings. The molecule has 1 aliphatic heterocycles. The van der Waals surface area contributed by atoms with Gasteiger partial charge in [0.25, 0.3) is 5.91 Å². The van der Waals surface area contributed by atoms with Crippen LogP contribution in [0.25, 0.3) is 0 Å². The molecule has 2 aromatic rings. The molecule has 0 aromatic carbocycles. The van der Waals surface area contributed by atoms with Crippen LogP contribution in [-0.2, 0) is 16.0 Å². The molecule has 176 valence electrons. The summed E-state index contributed by atoms with van der Waals surface area (Å²) < 4.78 is 5.42. The number of amides is 2. The number of aryl methyl sites for hydroxylation is 1. The number of ether oxygens (including phenoxy) is 1. The van der Waals surface area contributed by atoms with Gasteiger partial charge in [0.2, 0.25) is 5.91 Å². The Kier molecular flexibility index (Phi) is 8.53. The number of nitrogens with one attached hydrogen (secondary N) is 4. The Morgan fingerprint density at radius 2 is 2.03 bits per heavy atom. The van der Waals surface area contributed by atoms with Crippen LogP contribution in [0, 0.1) is 0 Å². The van der Waals surface area contributed by atoms with Crippen molar-refractivity contribution < 1.29 is 14.3 Å². The van der Waals surface area contributed by atoms with Gasteiger partial charge in [0.1, 0.15) is 5.82 Å². The number of carbonyl (C=O) groups is 2. The highest BCUT2D eigenvalue weighted by molar-refractivity contribution is 5.96. The van der Waals surface area contributed by atoms with E-state index in [4.69, 9.17) is 10.5 Å². The zero-order chi connectivity index (χ0) is 23.6. The molecule has 2 amide bonds. The molecule has 0 atom stereocenters. The lowest BCUT2D eigenvalue weighted by Crippen LogP contribution is -2.29. The first-order chi connectivity index (χ1) is 16.0. The van der Waals surface area contributed by atoms with Gasteiger partial charge in [-0.2, -0.15) is 0 Å². The molecule has 1 saturated heterocycles. The number of nitrogens with zero attached hydrogens (tertiary/aromatic N) is 3. The van der Waals surface area contributed by atoms with Crippen molar-refractivity contribution in [2.45, 2.75) is 32.2 Å². The first kappa shape index (κ1) is 23.9. The maximum absolute atomic E-state index is 12.1. The summed E-state index contributed by atoms with van der Waals surface area (Å²) in [7, 11) is 0. The van der Waals surface area contributed by atoms with Crippen molar-refractivity contribution in [1.82, 2.24) is 20.3 Å². The Balaban J connectivity index is 1.77. The van der Waals surface area contributed by atoms with Gasteiger partial charge in [-0.15, -0.1) is 0 Å². The van der Waals surface area contributed by atoms with Gasteiger partial charge in [0, 0.05) is 50.3 Å². The van der Waals surface area contributed by atoms with Crippen LogP contribution in [0.5, 0.6) is 0 Å². The molecule has 0 bridgehead atoms. The van der Waals surface area contributed by atoms with Crippen LogP contribution in [0.3, 0.4) is 0 Å². The van der Waals surface area contributed by atoms with Gasteiger partial charge in [-0.05, 0) is 31.4 Å². The van der Waals surface area contributed by atoms with E-state index >= 15 is 0 Å². The Morgan fingerprint density at radius 1 is 1.24 bits per heavy atom. The summed E-state index contributed by atoms with van der Waals surface area (Å²) >= 11 is 0. The van der Waals surface area contributed by atoms with Crippen LogP contribution in [0.1, 0.15) is 35.9 Å². The fraction of sp³-hybridized carbons (Fsp3) is 0.409. The van der Waals surface area contributed by atoms with Crippen LogP contribution in [-0.4, -0.2) is 59.1 Å². The second-order valence-corrected chi connectivity index (χ2v) is 7.44. The van der Waals surface area contributed by atoms with Crippen molar-refractivity contribution in [3.05, 3.63) is 42.4 Å². The average molecular weight is 455 g/mol. The lowest BCUT2D eigenvalue weighted by molar-refractivity contribution is -0.116. The summed E-state index contributed by atoms with van der Waals surface area (Å²) in [5.74, 6) is 0.584. The number of anilines is 4. The molecule has 0 radical (unpaired) electrons. The highest BCUT2D eigenvalue weighted by Crippen LogP contribution is 2.25. The minimum absolute atomic E-state index is 0.0721. The average Bonchev–Trinajstić information content (AvgIpc) is 2.82. The van der Waals surface area contributed by atoms with Crippen molar-refractivity contribution in [1.29, 1.82) is 0 Å². The van der Waals surface area contributed by atoms with E-state index in [1.807, 2.05) is 6.92 Å². The largest absolute Gasteiger partial charge is 0.381 e.